The summed E-state index contributed by atoms with van der Waals surface area (Å²) in [6, 6.07) is 7.78. The first-order chi connectivity index (χ1) is 11.2. The van der Waals surface area contributed by atoms with Crippen molar-refractivity contribution >= 4 is 50.3 Å². The van der Waals surface area contributed by atoms with Crippen LogP contribution in [0.15, 0.2) is 24.3 Å². The zero-order valence-corrected chi connectivity index (χ0v) is 14.4. The summed E-state index contributed by atoms with van der Waals surface area (Å²) >= 11 is 2.82. The Morgan fingerprint density at radius 1 is 1.17 bits per heavy atom. The molecule has 0 spiro atoms. The minimum atomic E-state index is -0.111. The van der Waals surface area contributed by atoms with Crippen molar-refractivity contribution in [2.24, 2.45) is 0 Å². The molecule has 0 bridgehead atoms. The molecule has 0 atom stereocenters. The van der Waals surface area contributed by atoms with Gasteiger partial charge in [-0.25, -0.2) is 4.98 Å². The molecule has 1 aliphatic heterocycles. The number of anilines is 1. The van der Waals surface area contributed by atoms with E-state index in [0.717, 1.165) is 36.1 Å². The molecule has 2 amide bonds. The number of carbonyl (C=O) groups excluding carboxylic acids is 2. The fraction of sp³-hybridized carbons (Fsp3) is 0.438. The predicted molar refractivity (Wildman–Crippen MR) is 96.0 cm³/mol. The number of fused-ring (bicyclic) bond motifs is 1. The largest absolute Gasteiger partial charge is 0.342 e. The van der Waals surface area contributed by atoms with Crippen LogP contribution in [0.2, 0.25) is 0 Å². The third-order valence-electron chi connectivity index (χ3n) is 3.71. The van der Waals surface area contributed by atoms with Gasteiger partial charge in [-0.2, -0.15) is 0 Å². The van der Waals surface area contributed by atoms with Crippen LogP contribution in [0.1, 0.15) is 19.3 Å². The molecular formula is C16H19N3O2S2. The van der Waals surface area contributed by atoms with Crippen molar-refractivity contribution in [3.8, 4) is 0 Å². The number of hydrogen-bond donors (Lipinski definition) is 1. The summed E-state index contributed by atoms with van der Waals surface area (Å²) in [6.07, 6.45) is 3.39. The summed E-state index contributed by atoms with van der Waals surface area (Å²) < 4.78 is 1.05. The molecule has 1 N–H and O–H groups in total. The molecule has 1 saturated heterocycles. The van der Waals surface area contributed by atoms with Gasteiger partial charge in [0.1, 0.15) is 0 Å². The van der Waals surface area contributed by atoms with Crippen LogP contribution in [0.3, 0.4) is 0 Å². The van der Waals surface area contributed by atoms with Crippen LogP contribution in [-0.2, 0) is 9.59 Å². The van der Waals surface area contributed by atoms with Crippen LogP contribution in [0, 0.1) is 0 Å². The number of rotatable bonds is 5. The van der Waals surface area contributed by atoms with Crippen LogP contribution < -0.4 is 5.32 Å². The maximum Gasteiger partial charge on any atom is 0.236 e. The number of thioether (sulfide) groups is 1. The molecule has 2 aromatic rings. The van der Waals surface area contributed by atoms with Crippen LogP contribution in [0.5, 0.6) is 0 Å². The molecule has 7 heteroatoms. The SMILES string of the molecule is O=C(CSCC(=O)N1CCCCC1)Nc1nc2ccccc2s1. The van der Waals surface area contributed by atoms with E-state index in [1.54, 1.807) is 0 Å². The zero-order valence-electron chi connectivity index (χ0n) is 12.8. The van der Waals surface area contributed by atoms with Crippen molar-refractivity contribution in [3.63, 3.8) is 0 Å². The lowest BCUT2D eigenvalue weighted by atomic mass is 10.1. The van der Waals surface area contributed by atoms with Gasteiger partial charge in [-0.3, -0.25) is 9.59 Å². The molecule has 0 unspecified atom stereocenters. The maximum atomic E-state index is 12.0. The topological polar surface area (TPSA) is 62.3 Å². The van der Waals surface area contributed by atoms with Crippen LogP contribution >= 0.6 is 23.1 Å². The highest BCUT2D eigenvalue weighted by molar-refractivity contribution is 8.00. The van der Waals surface area contributed by atoms with E-state index in [-0.39, 0.29) is 17.6 Å². The van der Waals surface area contributed by atoms with Gasteiger partial charge in [-0.15, -0.1) is 11.8 Å². The maximum absolute atomic E-state index is 12.0. The summed E-state index contributed by atoms with van der Waals surface area (Å²) in [5.74, 6) is 0.672. The number of nitrogens with zero attached hydrogens (tertiary/aromatic N) is 2. The Kier molecular flexibility index (Phi) is 5.51. The fourth-order valence-corrected chi connectivity index (χ4v) is 4.15. The smallest absolute Gasteiger partial charge is 0.236 e. The third kappa shape index (κ3) is 4.45. The second-order valence-electron chi connectivity index (χ2n) is 5.47. The van der Waals surface area contributed by atoms with Gasteiger partial charge in [-0.05, 0) is 31.4 Å². The Morgan fingerprint density at radius 3 is 2.74 bits per heavy atom. The fourth-order valence-electron chi connectivity index (χ4n) is 2.55. The van der Waals surface area contributed by atoms with E-state index in [0.29, 0.717) is 10.9 Å². The van der Waals surface area contributed by atoms with Crippen molar-refractivity contribution in [1.29, 1.82) is 0 Å². The standard InChI is InChI=1S/C16H19N3O2S2/c20-14(10-22-11-15(21)19-8-4-1-5-9-19)18-16-17-12-6-2-3-7-13(12)23-16/h2-3,6-7H,1,4-5,8-11H2,(H,17,18,20). The molecule has 0 saturated carbocycles. The van der Waals surface area contributed by atoms with Crippen molar-refractivity contribution in [3.05, 3.63) is 24.3 Å². The van der Waals surface area contributed by atoms with Crippen molar-refractivity contribution in [2.45, 2.75) is 19.3 Å². The van der Waals surface area contributed by atoms with E-state index in [4.69, 9.17) is 0 Å². The van der Waals surface area contributed by atoms with Crippen molar-refractivity contribution in [2.75, 3.05) is 29.9 Å². The second-order valence-corrected chi connectivity index (χ2v) is 7.49. The normalized spacial score (nSPS) is 14.9. The highest BCUT2D eigenvalue weighted by Crippen LogP contribution is 2.25. The minimum absolute atomic E-state index is 0.111. The summed E-state index contributed by atoms with van der Waals surface area (Å²) in [5, 5.41) is 3.42. The molecule has 1 aromatic carbocycles. The lowest BCUT2D eigenvalue weighted by molar-refractivity contribution is -0.129. The number of likely N-dealkylation sites (tertiary alicyclic amines) is 1. The molecule has 2 heterocycles. The van der Waals surface area contributed by atoms with E-state index in [2.05, 4.69) is 10.3 Å². The van der Waals surface area contributed by atoms with E-state index in [1.165, 1.54) is 29.5 Å². The van der Waals surface area contributed by atoms with Crippen molar-refractivity contribution < 1.29 is 9.59 Å². The first-order valence-corrected chi connectivity index (χ1v) is 9.70. The van der Waals surface area contributed by atoms with Crippen LogP contribution in [-0.4, -0.2) is 46.3 Å². The van der Waals surface area contributed by atoms with E-state index in [9.17, 15) is 9.59 Å². The molecular weight excluding hydrogens is 330 g/mol. The highest BCUT2D eigenvalue weighted by atomic mass is 32.2. The molecule has 1 aromatic heterocycles. The van der Waals surface area contributed by atoms with Gasteiger partial charge in [0.25, 0.3) is 0 Å². The summed E-state index contributed by atoms with van der Waals surface area (Å²) in [5.41, 5.74) is 0.890. The quantitative estimate of drug-likeness (QED) is 0.901. The van der Waals surface area contributed by atoms with Gasteiger partial charge in [0, 0.05) is 13.1 Å². The van der Waals surface area contributed by atoms with E-state index >= 15 is 0 Å². The van der Waals surface area contributed by atoms with Crippen LogP contribution in [0.4, 0.5) is 5.13 Å². The lowest BCUT2D eigenvalue weighted by Crippen LogP contribution is -2.37. The average molecular weight is 349 g/mol. The number of benzene rings is 1. The number of amides is 2. The lowest BCUT2D eigenvalue weighted by Gasteiger charge is -2.26. The summed E-state index contributed by atoms with van der Waals surface area (Å²) in [6.45, 7) is 1.72. The number of piperidine rings is 1. The Morgan fingerprint density at radius 2 is 1.96 bits per heavy atom. The van der Waals surface area contributed by atoms with Gasteiger partial charge >= 0.3 is 0 Å². The summed E-state index contributed by atoms with van der Waals surface area (Å²) in [7, 11) is 0. The second kappa shape index (κ2) is 7.79. The number of thiazole rings is 1. The van der Waals surface area contributed by atoms with Crippen LogP contribution in [0.25, 0.3) is 10.2 Å². The molecule has 1 fully saturated rings. The third-order valence-corrected chi connectivity index (χ3v) is 5.58. The molecule has 3 rings (SSSR count). The van der Waals surface area contributed by atoms with Gasteiger partial charge in [0.05, 0.1) is 21.7 Å². The van der Waals surface area contributed by atoms with Gasteiger partial charge in [0.15, 0.2) is 5.13 Å². The number of nitrogens with one attached hydrogen (secondary N) is 1. The zero-order chi connectivity index (χ0) is 16.1. The molecule has 5 nitrogen and oxygen atoms in total. The Hall–Kier alpha value is -1.60. The first-order valence-electron chi connectivity index (χ1n) is 7.73. The van der Waals surface area contributed by atoms with Crippen molar-refractivity contribution in [1.82, 2.24) is 9.88 Å². The monoisotopic (exact) mass is 349 g/mol. The number of aromatic nitrogens is 1. The van der Waals surface area contributed by atoms with Gasteiger partial charge in [0.2, 0.25) is 11.8 Å². The minimum Gasteiger partial charge on any atom is -0.342 e. The number of hydrogen-bond acceptors (Lipinski definition) is 5. The molecule has 122 valence electrons. The molecule has 0 aliphatic carbocycles. The number of carbonyl (C=O) groups is 2. The predicted octanol–water partition coefficient (Wildman–Crippen LogP) is 2.98. The van der Waals surface area contributed by atoms with Gasteiger partial charge in [-0.1, -0.05) is 23.5 Å². The van der Waals surface area contributed by atoms with Gasteiger partial charge < -0.3 is 10.2 Å². The van der Waals surface area contributed by atoms with E-state index < -0.39 is 0 Å². The Bertz CT molecular complexity index is 662. The average Bonchev–Trinajstić information content (AvgIpc) is 2.97. The summed E-state index contributed by atoms with van der Waals surface area (Å²) in [4.78, 5) is 30.3. The first kappa shape index (κ1) is 16.3. The molecule has 23 heavy (non-hydrogen) atoms. The molecule has 1 aliphatic rings. The Balaban J connectivity index is 1.43. The molecule has 0 radical (unpaired) electrons. The number of para-hydroxylation sites is 1. The highest BCUT2D eigenvalue weighted by Gasteiger charge is 2.16. The van der Waals surface area contributed by atoms with E-state index in [1.807, 2.05) is 29.2 Å². The Labute approximate surface area is 143 Å².